The fraction of sp³-hybridized carbons (Fsp3) is 0.483. The van der Waals surface area contributed by atoms with Gasteiger partial charge in [-0.3, -0.25) is 0 Å². The van der Waals surface area contributed by atoms with Crippen LogP contribution in [0.1, 0.15) is 82.3 Å². The van der Waals surface area contributed by atoms with Crippen molar-refractivity contribution in [2.75, 3.05) is 6.61 Å². The van der Waals surface area contributed by atoms with E-state index >= 15 is 0 Å². The molecule has 3 rings (SSSR count). The molecule has 1 aliphatic carbocycles. The number of ether oxygens (including phenoxy) is 1. The number of hydrogen-bond donors (Lipinski definition) is 1. The first-order valence-electron chi connectivity index (χ1n) is 12.3. The van der Waals surface area contributed by atoms with E-state index in [1.54, 1.807) is 0 Å². The lowest BCUT2D eigenvalue weighted by Crippen LogP contribution is -2.13. The van der Waals surface area contributed by atoms with Crippen LogP contribution in [0.3, 0.4) is 0 Å². The van der Waals surface area contributed by atoms with Gasteiger partial charge in [0, 0.05) is 0 Å². The van der Waals surface area contributed by atoms with E-state index in [1.807, 2.05) is 18.2 Å². The third kappa shape index (κ3) is 6.32. The topological polar surface area (TPSA) is 46.5 Å². The number of carbonyl (C=O) groups excluding carboxylic acids is 1. The standard InChI is InChI=1S/C29H38O3/c1-4-6-7-8-22-9-11-24(12-10-22)25-13-15-26(16-14-25)28-18-17-27(19-23(28)5-2)32-29(31)21(3)20-30/h13-19,22,24,30H,3-12,20H2,1-2H3. The molecule has 0 atom stereocenters. The molecule has 1 aliphatic rings. The van der Waals surface area contributed by atoms with Crippen LogP contribution in [-0.4, -0.2) is 17.7 Å². The number of hydrogen-bond acceptors (Lipinski definition) is 3. The molecule has 0 spiro atoms. The summed E-state index contributed by atoms with van der Waals surface area (Å²) >= 11 is 0. The molecular weight excluding hydrogens is 396 g/mol. The Hall–Kier alpha value is -2.39. The van der Waals surface area contributed by atoms with E-state index in [9.17, 15) is 4.79 Å². The fourth-order valence-electron chi connectivity index (χ4n) is 4.85. The minimum Gasteiger partial charge on any atom is -0.423 e. The summed E-state index contributed by atoms with van der Waals surface area (Å²) in [5.74, 6) is 1.52. The Morgan fingerprint density at radius 3 is 2.38 bits per heavy atom. The maximum Gasteiger partial charge on any atom is 0.341 e. The van der Waals surface area contributed by atoms with Crippen molar-refractivity contribution in [2.24, 2.45) is 5.92 Å². The molecule has 0 aromatic heterocycles. The highest BCUT2D eigenvalue weighted by Crippen LogP contribution is 2.38. The van der Waals surface area contributed by atoms with Gasteiger partial charge < -0.3 is 9.84 Å². The van der Waals surface area contributed by atoms with Crippen LogP contribution in [-0.2, 0) is 11.2 Å². The summed E-state index contributed by atoms with van der Waals surface area (Å²) in [5.41, 5.74) is 5.01. The number of unbranched alkanes of at least 4 members (excludes halogenated alkanes) is 2. The molecule has 0 amide bonds. The van der Waals surface area contributed by atoms with Crippen molar-refractivity contribution < 1.29 is 14.6 Å². The molecule has 0 bridgehead atoms. The lowest BCUT2D eigenvalue weighted by Gasteiger charge is -2.29. The van der Waals surface area contributed by atoms with Gasteiger partial charge in [-0.2, -0.15) is 0 Å². The molecule has 1 fully saturated rings. The second-order valence-electron chi connectivity index (χ2n) is 9.16. The molecule has 0 radical (unpaired) electrons. The summed E-state index contributed by atoms with van der Waals surface area (Å²) in [7, 11) is 0. The third-order valence-electron chi connectivity index (χ3n) is 6.90. The SMILES string of the molecule is C=C(CO)C(=O)Oc1ccc(-c2ccc(C3CCC(CCCCC)CC3)cc2)c(CC)c1. The van der Waals surface area contributed by atoms with Crippen molar-refractivity contribution in [1.82, 2.24) is 0 Å². The van der Waals surface area contributed by atoms with Crippen LogP contribution in [0, 0.1) is 5.92 Å². The molecule has 0 unspecified atom stereocenters. The second kappa shape index (κ2) is 12.0. The Morgan fingerprint density at radius 1 is 1.03 bits per heavy atom. The molecule has 172 valence electrons. The van der Waals surface area contributed by atoms with Crippen LogP contribution in [0.2, 0.25) is 0 Å². The summed E-state index contributed by atoms with van der Waals surface area (Å²) < 4.78 is 5.34. The average Bonchev–Trinajstić information content (AvgIpc) is 2.84. The largest absolute Gasteiger partial charge is 0.423 e. The molecule has 0 saturated heterocycles. The molecule has 1 saturated carbocycles. The lowest BCUT2D eigenvalue weighted by atomic mass is 9.77. The number of rotatable bonds is 10. The van der Waals surface area contributed by atoms with Crippen LogP contribution >= 0.6 is 0 Å². The number of benzene rings is 2. The van der Waals surface area contributed by atoms with Gasteiger partial charge >= 0.3 is 5.97 Å². The second-order valence-corrected chi connectivity index (χ2v) is 9.16. The Balaban J connectivity index is 1.64. The maximum absolute atomic E-state index is 11.9. The van der Waals surface area contributed by atoms with Gasteiger partial charge in [-0.15, -0.1) is 0 Å². The Labute approximate surface area is 193 Å². The first kappa shape index (κ1) is 24.3. The van der Waals surface area contributed by atoms with E-state index in [0.29, 0.717) is 11.7 Å². The van der Waals surface area contributed by atoms with Crippen molar-refractivity contribution in [1.29, 1.82) is 0 Å². The van der Waals surface area contributed by atoms with Gasteiger partial charge in [0.05, 0.1) is 12.2 Å². The number of aliphatic hydroxyl groups is 1. The van der Waals surface area contributed by atoms with E-state index < -0.39 is 12.6 Å². The number of aliphatic hydroxyl groups excluding tert-OH is 1. The van der Waals surface area contributed by atoms with Crippen molar-refractivity contribution in [3.63, 3.8) is 0 Å². The van der Waals surface area contributed by atoms with Gasteiger partial charge in [0.1, 0.15) is 5.75 Å². The first-order chi connectivity index (χ1) is 15.5. The smallest absolute Gasteiger partial charge is 0.341 e. The molecular formula is C29H38O3. The Morgan fingerprint density at radius 2 is 1.75 bits per heavy atom. The van der Waals surface area contributed by atoms with Gasteiger partial charge in [0.2, 0.25) is 0 Å². The molecule has 0 heterocycles. The molecule has 0 aliphatic heterocycles. The first-order valence-corrected chi connectivity index (χ1v) is 12.3. The molecule has 3 heteroatoms. The minimum atomic E-state index is -0.591. The zero-order chi connectivity index (χ0) is 22.9. The number of aryl methyl sites for hydroxylation is 1. The summed E-state index contributed by atoms with van der Waals surface area (Å²) in [4.78, 5) is 11.9. The third-order valence-corrected chi connectivity index (χ3v) is 6.90. The van der Waals surface area contributed by atoms with Gasteiger partial charge in [-0.05, 0) is 78.3 Å². The molecule has 2 aromatic carbocycles. The fourth-order valence-corrected chi connectivity index (χ4v) is 4.85. The van der Waals surface area contributed by atoms with E-state index in [4.69, 9.17) is 9.84 Å². The Bertz CT molecular complexity index is 889. The summed E-state index contributed by atoms with van der Waals surface area (Å²) in [6, 6.07) is 14.8. The molecule has 1 N–H and O–H groups in total. The van der Waals surface area contributed by atoms with E-state index in [2.05, 4.69) is 44.7 Å². The average molecular weight is 435 g/mol. The van der Waals surface area contributed by atoms with Crippen molar-refractivity contribution in [2.45, 2.75) is 77.6 Å². The predicted octanol–water partition coefficient (Wildman–Crippen LogP) is 7.22. The zero-order valence-electron chi connectivity index (χ0n) is 19.7. The summed E-state index contributed by atoms with van der Waals surface area (Å²) in [6.07, 6.45) is 11.7. The highest BCUT2D eigenvalue weighted by atomic mass is 16.5. The van der Waals surface area contributed by atoms with Crippen LogP contribution in [0.4, 0.5) is 0 Å². The van der Waals surface area contributed by atoms with Crippen LogP contribution in [0.25, 0.3) is 11.1 Å². The highest BCUT2D eigenvalue weighted by molar-refractivity contribution is 5.89. The molecule has 32 heavy (non-hydrogen) atoms. The van der Waals surface area contributed by atoms with Gasteiger partial charge in [-0.1, -0.05) is 76.4 Å². The van der Waals surface area contributed by atoms with Gasteiger partial charge in [-0.25, -0.2) is 4.79 Å². The summed E-state index contributed by atoms with van der Waals surface area (Å²) in [5, 5.41) is 9.05. The van der Waals surface area contributed by atoms with E-state index in [-0.39, 0.29) is 5.57 Å². The van der Waals surface area contributed by atoms with Crippen LogP contribution < -0.4 is 4.74 Å². The normalized spacial score (nSPS) is 18.3. The van der Waals surface area contributed by atoms with Gasteiger partial charge in [0.25, 0.3) is 0 Å². The number of esters is 1. The van der Waals surface area contributed by atoms with Crippen LogP contribution in [0.5, 0.6) is 5.75 Å². The van der Waals surface area contributed by atoms with Crippen molar-refractivity contribution >= 4 is 5.97 Å². The zero-order valence-corrected chi connectivity index (χ0v) is 19.7. The van der Waals surface area contributed by atoms with Crippen LogP contribution in [0.15, 0.2) is 54.6 Å². The lowest BCUT2D eigenvalue weighted by molar-refractivity contribution is -0.130. The van der Waals surface area contributed by atoms with E-state index in [1.165, 1.54) is 68.1 Å². The van der Waals surface area contributed by atoms with Crippen molar-refractivity contribution in [3.05, 3.63) is 65.7 Å². The van der Waals surface area contributed by atoms with E-state index in [0.717, 1.165) is 17.9 Å². The Kier molecular flexibility index (Phi) is 9.11. The molecule has 2 aromatic rings. The minimum absolute atomic E-state index is 0.0534. The number of carbonyl (C=O) groups is 1. The highest BCUT2D eigenvalue weighted by Gasteiger charge is 2.22. The monoisotopic (exact) mass is 434 g/mol. The van der Waals surface area contributed by atoms with Crippen molar-refractivity contribution in [3.8, 4) is 16.9 Å². The van der Waals surface area contributed by atoms with Gasteiger partial charge in [0.15, 0.2) is 0 Å². The molecule has 3 nitrogen and oxygen atoms in total. The summed E-state index contributed by atoms with van der Waals surface area (Å²) in [6.45, 7) is 7.50. The maximum atomic E-state index is 11.9. The predicted molar refractivity (Wildman–Crippen MR) is 132 cm³/mol. The quantitative estimate of drug-likeness (QED) is 0.186.